The van der Waals surface area contributed by atoms with Crippen molar-refractivity contribution in [3.8, 4) is 5.75 Å². The van der Waals surface area contributed by atoms with Crippen LogP contribution in [0.1, 0.15) is 11.1 Å². The highest BCUT2D eigenvalue weighted by atomic mass is 32.2. The lowest BCUT2D eigenvalue weighted by molar-refractivity contribution is -0.122. The largest absolute Gasteiger partial charge is 0.497 e. The van der Waals surface area contributed by atoms with Crippen LogP contribution in [0.5, 0.6) is 5.75 Å². The minimum Gasteiger partial charge on any atom is -0.497 e. The average Bonchev–Trinajstić information content (AvgIpc) is 2.94. The van der Waals surface area contributed by atoms with E-state index < -0.39 is 0 Å². The minimum atomic E-state index is -0.0182. The SMILES string of the molecule is COc1ccc(C=CC=C2SC(=S)N(CCc3ccccc3)C2=O)cc1. The fraction of sp³-hybridized carbons (Fsp3) is 0.143. The summed E-state index contributed by atoms with van der Waals surface area (Å²) in [7, 11) is 1.64. The molecule has 0 aliphatic carbocycles. The van der Waals surface area contributed by atoms with Crippen molar-refractivity contribution in [2.45, 2.75) is 6.42 Å². The second-order valence-electron chi connectivity index (χ2n) is 5.72. The van der Waals surface area contributed by atoms with Crippen LogP contribution in [0.15, 0.2) is 71.7 Å². The molecule has 1 amide bonds. The molecule has 5 heteroatoms. The number of allylic oxidation sites excluding steroid dienone is 2. The Balaban J connectivity index is 1.61. The molecule has 0 aromatic heterocycles. The predicted molar refractivity (Wildman–Crippen MR) is 112 cm³/mol. The van der Waals surface area contributed by atoms with Gasteiger partial charge in [-0.15, -0.1) is 0 Å². The number of hydrogen-bond acceptors (Lipinski definition) is 4. The Kier molecular flexibility index (Phi) is 6.26. The van der Waals surface area contributed by atoms with Crippen LogP contribution in [0, 0.1) is 0 Å². The number of carbonyl (C=O) groups excluding carboxylic acids is 1. The van der Waals surface area contributed by atoms with Gasteiger partial charge in [0.2, 0.25) is 0 Å². The normalized spacial score (nSPS) is 16.0. The quantitative estimate of drug-likeness (QED) is 0.536. The first-order valence-corrected chi connectivity index (χ1v) is 9.50. The Morgan fingerprint density at radius 2 is 1.85 bits per heavy atom. The van der Waals surface area contributed by atoms with Crippen molar-refractivity contribution in [2.75, 3.05) is 13.7 Å². The number of methoxy groups -OCH3 is 1. The molecule has 0 bridgehead atoms. The first-order chi connectivity index (χ1) is 12.7. The van der Waals surface area contributed by atoms with Crippen molar-refractivity contribution in [1.29, 1.82) is 0 Å². The molecule has 0 unspecified atom stereocenters. The van der Waals surface area contributed by atoms with Crippen LogP contribution in [0.2, 0.25) is 0 Å². The van der Waals surface area contributed by atoms with E-state index in [4.69, 9.17) is 17.0 Å². The summed E-state index contributed by atoms with van der Waals surface area (Å²) < 4.78 is 5.76. The van der Waals surface area contributed by atoms with Crippen molar-refractivity contribution >= 4 is 40.3 Å². The van der Waals surface area contributed by atoms with E-state index in [0.717, 1.165) is 17.7 Å². The van der Waals surface area contributed by atoms with Gasteiger partial charge < -0.3 is 4.74 Å². The average molecular weight is 382 g/mol. The fourth-order valence-corrected chi connectivity index (χ4v) is 3.81. The zero-order valence-corrected chi connectivity index (χ0v) is 16.1. The van der Waals surface area contributed by atoms with E-state index in [9.17, 15) is 4.79 Å². The van der Waals surface area contributed by atoms with E-state index in [1.54, 1.807) is 12.0 Å². The maximum absolute atomic E-state index is 12.6. The van der Waals surface area contributed by atoms with Gasteiger partial charge in [0.05, 0.1) is 12.0 Å². The van der Waals surface area contributed by atoms with E-state index in [2.05, 4.69) is 12.1 Å². The molecule has 0 saturated carbocycles. The molecule has 26 heavy (non-hydrogen) atoms. The topological polar surface area (TPSA) is 29.5 Å². The van der Waals surface area contributed by atoms with Crippen molar-refractivity contribution in [3.63, 3.8) is 0 Å². The van der Waals surface area contributed by atoms with Crippen molar-refractivity contribution < 1.29 is 9.53 Å². The van der Waals surface area contributed by atoms with Gasteiger partial charge in [-0.05, 0) is 35.8 Å². The highest BCUT2D eigenvalue weighted by Gasteiger charge is 2.31. The van der Waals surface area contributed by atoms with Crippen LogP contribution in [-0.2, 0) is 11.2 Å². The molecule has 2 aromatic rings. The van der Waals surface area contributed by atoms with E-state index in [0.29, 0.717) is 15.8 Å². The lowest BCUT2D eigenvalue weighted by Crippen LogP contribution is -2.30. The van der Waals surface area contributed by atoms with Crippen LogP contribution >= 0.6 is 24.0 Å². The molecule has 0 radical (unpaired) electrons. The van der Waals surface area contributed by atoms with E-state index in [1.807, 2.05) is 60.7 Å². The maximum Gasteiger partial charge on any atom is 0.266 e. The van der Waals surface area contributed by atoms with Crippen molar-refractivity contribution in [3.05, 3.63) is 82.8 Å². The van der Waals surface area contributed by atoms with Gasteiger partial charge in [0, 0.05) is 6.54 Å². The molecule has 2 aromatic carbocycles. The number of nitrogens with zero attached hydrogens (tertiary/aromatic N) is 1. The van der Waals surface area contributed by atoms with Crippen molar-refractivity contribution in [1.82, 2.24) is 4.90 Å². The molecule has 132 valence electrons. The fourth-order valence-electron chi connectivity index (χ4n) is 2.55. The second kappa shape index (κ2) is 8.83. The predicted octanol–water partition coefficient (Wildman–Crippen LogP) is 4.70. The summed E-state index contributed by atoms with van der Waals surface area (Å²) in [6.45, 7) is 0.605. The number of rotatable bonds is 6. The van der Waals surface area contributed by atoms with E-state index in [-0.39, 0.29) is 5.91 Å². The zero-order chi connectivity index (χ0) is 18.4. The molecule has 1 aliphatic heterocycles. The lowest BCUT2D eigenvalue weighted by atomic mass is 10.1. The summed E-state index contributed by atoms with van der Waals surface area (Å²) >= 11 is 6.73. The molecule has 1 fully saturated rings. The second-order valence-corrected chi connectivity index (χ2v) is 7.40. The molecular formula is C21H19NO2S2. The molecule has 1 aliphatic rings. The van der Waals surface area contributed by atoms with Gasteiger partial charge in [0.25, 0.3) is 5.91 Å². The molecule has 1 heterocycles. The summed E-state index contributed by atoms with van der Waals surface area (Å²) in [6.07, 6.45) is 6.45. The van der Waals surface area contributed by atoms with Gasteiger partial charge in [-0.3, -0.25) is 9.69 Å². The Hall–Kier alpha value is -2.37. The number of thioether (sulfide) groups is 1. The maximum atomic E-state index is 12.6. The molecule has 0 spiro atoms. The zero-order valence-electron chi connectivity index (χ0n) is 14.4. The standard InChI is InChI=1S/C21H19NO2S2/c1-24-18-12-10-17(11-13-18)8-5-9-19-20(23)22(21(25)26-19)15-14-16-6-3-2-4-7-16/h2-13H,14-15H2,1H3. The smallest absolute Gasteiger partial charge is 0.266 e. The van der Waals surface area contributed by atoms with Gasteiger partial charge in [-0.2, -0.15) is 0 Å². The lowest BCUT2D eigenvalue weighted by Gasteiger charge is -2.14. The molecule has 0 N–H and O–H groups in total. The number of ether oxygens (including phenoxy) is 1. The van der Waals surface area contributed by atoms with Crippen LogP contribution < -0.4 is 4.74 Å². The van der Waals surface area contributed by atoms with Crippen LogP contribution in [0.25, 0.3) is 6.08 Å². The van der Waals surface area contributed by atoms with Gasteiger partial charge in [-0.25, -0.2) is 0 Å². The van der Waals surface area contributed by atoms with Crippen molar-refractivity contribution in [2.24, 2.45) is 0 Å². The van der Waals surface area contributed by atoms with Crippen LogP contribution in [-0.4, -0.2) is 28.8 Å². The minimum absolute atomic E-state index is 0.0182. The summed E-state index contributed by atoms with van der Waals surface area (Å²) in [5, 5.41) is 0. The number of amides is 1. The summed E-state index contributed by atoms with van der Waals surface area (Å²) in [4.78, 5) is 14.9. The van der Waals surface area contributed by atoms with Gasteiger partial charge >= 0.3 is 0 Å². The first-order valence-electron chi connectivity index (χ1n) is 8.27. The van der Waals surface area contributed by atoms with E-state index in [1.165, 1.54) is 17.3 Å². The summed E-state index contributed by atoms with van der Waals surface area (Å²) in [5.74, 6) is 0.803. The molecule has 3 rings (SSSR count). The Bertz CT molecular complexity index is 842. The summed E-state index contributed by atoms with van der Waals surface area (Å²) in [5.41, 5.74) is 2.24. The van der Waals surface area contributed by atoms with E-state index >= 15 is 0 Å². The first kappa shape index (κ1) is 18.4. The third kappa shape index (κ3) is 4.62. The number of thiocarbonyl (C=S) groups is 1. The highest BCUT2D eigenvalue weighted by molar-refractivity contribution is 8.26. The number of carbonyl (C=O) groups is 1. The van der Waals surface area contributed by atoms with Gasteiger partial charge in [0.1, 0.15) is 10.1 Å². The Labute approximate surface area is 163 Å². The highest BCUT2D eigenvalue weighted by Crippen LogP contribution is 2.31. The molecule has 3 nitrogen and oxygen atoms in total. The van der Waals surface area contributed by atoms with Gasteiger partial charge in [0.15, 0.2) is 0 Å². The summed E-state index contributed by atoms with van der Waals surface area (Å²) in [6, 6.07) is 17.9. The molecule has 0 atom stereocenters. The molecule has 1 saturated heterocycles. The number of hydrogen-bond donors (Lipinski definition) is 0. The Morgan fingerprint density at radius 1 is 1.12 bits per heavy atom. The van der Waals surface area contributed by atoms with Crippen LogP contribution in [0.3, 0.4) is 0 Å². The number of benzene rings is 2. The molecular weight excluding hydrogens is 362 g/mol. The van der Waals surface area contributed by atoms with Gasteiger partial charge in [-0.1, -0.05) is 78.6 Å². The third-order valence-electron chi connectivity index (χ3n) is 3.99. The van der Waals surface area contributed by atoms with Crippen LogP contribution in [0.4, 0.5) is 0 Å². The Morgan fingerprint density at radius 3 is 2.54 bits per heavy atom. The monoisotopic (exact) mass is 381 g/mol. The third-order valence-corrected chi connectivity index (χ3v) is 5.39.